The summed E-state index contributed by atoms with van der Waals surface area (Å²) in [6.07, 6.45) is 1.09. The van der Waals surface area contributed by atoms with Crippen molar-refractivity contribution in [2.45, 2.75) is 44.7 Å². The standard InChI is InChI=1S/C30H32ClN4O5PS/c1-3-30(4-2,41(38,39)40)21-12-16-24(17-13-21)32-26(36)19-18-25-27(20-10-14-22(31)15-11-20)34-29(42-25)35-28(37)33-23-8-6-5-7-9-23/h5-17H,3-4,18-19H2,1-2H3,(H,32,36)(H2,38,39,40)(H2,33,34,35,37). The van der Waals surface area contributed by atoms with Crippen LogP contribution in [-0.4, -0.2) is 26.7 Å². The number of hydrogen-bond acceptors (Lipinski definition) is 5. The number of benzene rings is 3. The third-order valence-electron chi connectivity index (χ3n) is 7.08. The van der Waals surface area contributed by atoms with Crippen molar-refractivity contribution in [2.24, 2.45) is 0 Å². The molecule has 0 unspecified atom stereocenters. The highest BCUT2D eigenvalue weighted by molar-refractivity contribution is 7.53. The Morgan fingerprint density at radius 1 is 0.881 bits per heavy atom. The number of hydrogen-bond donors (Lipinski definition) is 5. The van der Waals surface area contributed by atoms with Gasteiger partial charge in [-0.25, -0.2) is 9.78 Å². The van der Waals surface area contributed by atoms with Gasteiger partial charge in [-0.15, -0.1) is 11.3 Å². The summed E-state index contributed by atoms with van der Waals surface area (Å²) in [5, 5.41) is 8.10. The molecule has 42 heavy (non-hydrogen) atoms. The fraction of sp³-hybridized carbons (Fsp3) is 0.233. The summed E-state index contributed by atoms with van der Waals surface area (Å²) in [6, 6.07) is 22.4. The van der Waals surface area contributed by atoms with E-state index >= 15 is 0 Å². The fourth-order valence-corrected chi connectivity index (χ4v) is 7.16. The number of halogens is 1. The highest BCUT2D eigenvalue weighted by Crippen LogP contribution is 2.60. The molecule has 9 nitrogen and oxygen atoms in total. The van der Waals surface area contributed by atoms with E-state index in [-0.39, 0.29) is 25.2 Å². The van der Waals surface area contributed by atoms with E-state index in [4.69, 9.17) is 11.6 Å². The molecule has 0 aliphatic rings. The number of carbonyl (C=O) groups excluding carboxylic acids is 2. The van der Waals surface area contributed by atoms with Crippen LogP contribution in [0.1, 0.15) is 43.6 Å². The minimum absolute atomic E-state index is 0.149. The Morgan fingerprint density at radius 2 is 1.50 bits per heavy atom. The molecule has 0 saturated heterocycles. The van der Waals surface area contributed by atoms with Gasteiger partial charge in [-0.05, 0) is 61.2 Å². The van der Waals surface area contributed by atoms with Gasteiger partial charge in [-0.2, -0.15) is 0 Å². The smallest absolute Gasteiger partial charge is 0.326 e. The molecule has 12 heteroatoms. The average Bonchev–Trinajstić information content (AvgIpc) is 3.36. The molecule has 3 amide bonds. The highest BCUT2D eigenvalue weighted by atomic mass is 35.5. The molecule has 0 bridgehead atoms. The van der Waals surface area contributed by atoms with Crippen LogP contribution < -0.4 is 16.0 Å². The number of nitrogens with zero attached hydrogens (tertiary/aromatic N) is 1. The quantitative estimate of drug-likeness (QED) is 0.107. The van der Waals surface area contributed by atoms with Gasteiger partial charge in [-0.3, -0.25) is 14.7 Å². The molecule has 0 saturated carbocycles. The largest absolute Gasteiger partial charge is 0.335 e. The van der Waals surface area contributed by atoms with E-state index in [0.29, 0.717) is 39.2 Å². The molecule has 1 heterocycles. The first-order chi connectivity index (χ1) is 20.0. The predicted molar refractivity (Wildman–Crippen MR) is 169 cm³/mol. The van der Waals surface area contributed by atoms with Crippen LogP contribution in [0.15, 0.2) is 78.9 Å². The van der Waals surface area contributed by atoms with Crippen LogP contribution in [0.25, 0.3) is 11.3 Å². The van der Waals surface area contributed by atoms with Crippen molar-refractivity contribution in [2.75, 3.05) is 16.0 Å². The van der Waals surface area contributed by atoms with Gasteiger partial charge >= 0.3 is 13.6 Å². The SMILES string of the molecule is CCC(CC)(c1ccc(NC(=O)CCc2sc(NC(=O)Nc3ccccc3)nc2-c2ccc(Cl)cc2)cc1)P(=O)(O)O. The molecular formula is C30H32ClN4O5PS. The lowest BCUT2D eigenvalue weighted by atomic mass is 9.92. The minimum Gasteiger partial charge on any atom is -0.326 e. The van der Waals surface area contributed by atoms with Crippen molar-refractivity contribution < 1.29 is 23.9 Å². The van der Waals surface area contributed by atoms with Gasteiger partial charge in [0.2, 0.25) is 5.91 Å². The Bertz CT molecular complexity index is 1570. The monoisotopic (exact) mass is 626 g/mol. The topological polar surface area (TPSA) is 141 Å². The first kappa shape index (κ1) is 31.4. The van der Waals surface area contributed by atoms with Crippen molar-refractivity contribution in [3.05, 3.63) is 94.3 Å². The Kier molecular flexibility index (Phi) is 10.2. The van der Waals surface area contributed by atoms with Crippen molar-refractivity contribution in [3.63, 3.8) is 0 Å². The van der Waals surface area contributed by atoms with Gasteiger partial charge in [-0.1, -0.05) is 67.9 Å². The van der Waals surface area contributed by atoms with Crippen molar-refractivity contribution >= 4 is 59.0 Å². The first-order valence-electron chi connectivity index (χ1n) is 13.4. The van der Waals surface area contributed by atoms with E-state index in [1.165, 1.54) is 11.3 Å². The molecule has 4 aromatic rings. The van der Waals surface area contributed by atoms with E-state index in [9.17, 15) is 23.9 Å². The zero-order valence-corrected chi connectivity index (χ0v) is 25.6. The van der Waals surface area contributed by atoms with Crippen molar-refractivity contribution in [1.82, 2.24) is 4.98 Å². The fourth-order valence-electron chi connectivity index (χ4n) is 4.74. The highest BCUT2D eigenvalue weighted by Gasteiger charge is 2.45. The molecule has 0 fully saturated rings. The molecule has 3 aromatic carbocycles. The number of para-hydroxylation sites is 1. The number of rotatable bonds is 11. The van der Waals surface area contributed by atoms with Crippen LogP contribution in [0, 0.1) is 0 Å². The molecule has 0 radical (unpaired) electrons. The van der Waals surface area contributed by atoms with Gasteiger partial charge in [0, 0.05) is 33.3 Å². The number of nitrogens with one attached hydrogen (secondary N) is 3. The number of aryl methyl sites for hydroxylation is 1. The van der Waals surface area contributed by atoms with E-state index in [1.54, 1.807) is 62.4 Å². The maximum atomic E-state index is 12.9. The van der Waals surface area contributed by atoms with E-state index in [2.05, 4.69) is 20.9 Å². The third-order valence-corrected chi connectivity index (χ3v) is 10.4. The van der Waals surface area contributed by atoms with Gasteiger partial charge in [0.15, 0.2) is 5.13 Å². The number of amides is 3. The number of carbonyl (C=O) groups is 2. The maximum Gasteiger partial charge on any atom is 0.335 e. The molecule has 0 atom stereocenters. The van der Waals surface area contributed by atoms with Crippen molar-refractivity contribution in [3.8, 4) is 11.3 Å². The summed E-state index contributed by atoms with van der Waals surface area (Å²) >= 11 is 7.36. The molecule has 0 spiro atoms. The summed E-state index contributed by atoms with van der Waals surface area (Å²) in [4.78, 5) is 50.9. The van der Waals surface area contributed by atoms with Gasteiger partial charge in [0.25, 0.3) is 0 Å². The second-order valence-corrected chi connectivity index (χ2v) is 13.1. The molecular weight excluding hydrogens is 595 g/mol. The number of aromatic nitrogens is 1. The second-order valence-electron chi connectivity index (χ2n) is 9.65. The van der Waals surface area contributed by atoms with Crippen LogP contribution in [0.2, 0.25) is 5.02 Å². The average molecular weight is 627 g/mol. The molecule has 4 rings (SSSR count). The lowest BCUT2D eigenvalue weighted by Crippen LogP contribution is -2.24. The molecule has 0 aliphatic carbocycles. The minimum atomic E-state index is -4.40. The zero-order valence-electron chi connectivity index (χ0n) is 23.1. The molecule has 5 N–H and O–H groups in total. The Morgan fingerprint density at radius 3 is 2.10 bits per heavy atom. The number of urea groups is 1. The van der Waals surface area contributed by atoms with Gasteiger partial charge in [0.1, 0.15) is 0 Å². The number of anilines is 3. The van der Waals surface area contributed by atoms with E-state index < -0.39 is 18.8 Å². The number of thiazole rings is 1. The summed E-state index contributed by atoms with van der Waals surface area (Å²) < 4.78 is 12.3. The van der Waals surface area contributed by atoms with Gasteiger partial charge in [0.05, 0.1) is 10.9 Å². The van der Waals surface area contributed by atoms with Crippen LogP contribution in [0.3, 0.4) is 0 Å². The van der Waals surface area contributed by atoms with Crippen molar-refractivity contribution in [1.29, 1.82) is 0 Å². The molecule has 0 aliphatic heterocycles. The normalized spacial score (nSPS) is 11.6. The Balaban J connectivity index is 1.46. The zero-order chi connectivity index (χ0) is 30.3. The first-order valence-corrected chi connectivity index (χ1v) is 16.2. The summed E-state index contributed by atoms with van der Waals surface area (Å²) in [5.41, 5.74) is 3.16. The van der Waals surface area contributed by atoms with Crippen LogP contribution in [-0.2, 0) is 20.9 Å². The summed E-state index contributed by atoms with van der Waals surface area (Å²) in [5.74, 6) is -0.234. The molecule has 1 aromatic heterocycles. The lowest BCUT2D eigenvalue weighted by Gasteiger charge is -2.33. The maximum absolute atomic E-state index is 12.9. The lowest BCUT2D eigenvalue weighted by molar-refractivity contribution is -0.116. The second kappa shape index (κ2) is 13.6. The third kappa shape index (κ3) is 7.45. The Labute approximate surface area is 253 Å². The van der Waals surface area contributed by atoms with Crippen LogP contribution >= 0.6 is 30.5 Å². The van der Waals surface area contributed by atoms with E-state index in [1.807, 2.05) is 30.3 Å². The predicted octanol–water partition coefficient (Wildman–Crippen LogP) is 7.87. The summed E-state index contributed by atoms with van der Waals surface area (Å²) in [6.45, 7) is 3.51. The Hall–Kier alpha value is -3.53. The molecule has 220 valence electrons. The van der Waals surface area contributed by atoms with Gasteiger partial charge < -0.3 is 20.4 Å². The van der Waals surface area contributed by atoms with Crippen LogP contribution in [0.4, 0.5) is 21.3 Å². The van der Waals surface area contributed by atoms with Crippen LogP contribution in [0.5, 0.6) is 0 Å². The van der Waals surface area contributed by atoms with E-state index in [0.717, 1.165) is 10.4 Å². The summed E-state index contributed by atoms with van der Waals surface area (Å²) in [7, 11) is -4.40.